The Morgan fingerprint density at radius 1 is 1.35 bits per heavy atom. The van der Waals surface area contributed by atoms with Gasteiger partial charge in [-0.05, 0) is 32.2 Å². The van der Waals surface area contributed by atoms with Crippen molar-refractivity contribution in [3.05, 3.63) is 5.89 Å². The fourth-order valence-corrected chi connectivity index (χ4v) is 2.09. The highest BCUT2D eigenvalue weighted by Crippen LogP contribution is 2.26. The molecule has 2 rings (SSSR count). The third-order valence-corrected chi connectivity index (χ3v) is 3.84. The summed E-state index contributed by atoms with van der Waals surface area (Å²) in [6.45, 7) is 8.63. The van der Waals surface area contributed by atoms with Gasteiger partial charge in [0.15, 0.2) is 0 Å². The SMILES string of the molecule is CNC(C)c1nnc(N2CCC(C)C(C)C2)o1. The van der Waals surface area contributed by atoms with Crippen molar-refractivity contribution in [1.29, 1.82) is 0 Å². The molecule has 1 saturated heterocycles. The molecule has 0 amide bonds. The minimum absolute atomic E-state index is 0.109. The van der Waals surface area contributed by atoms with Crippen LogP contribution in [0.4, 0.5) is 6.01 Å². The van der Waals surface area contributed by atoms with E-state index >= 15 is 0 Å². The highest BCUT2D eigenvalue weighted by Gasteiger charge is 2.26. The van der Waals surface area contributed by atoms with Crippen LogP contribution in [-0.2, 0) is 0 Å². The lowest BCUT2D eigenvalue weighted by Gasteiger charge is -2.33. The molecule has 0 radical (unpaired) electrons. The summed E-state index contributed by atoms with van der Waals surface area (Å²) < 4.78 is 5.70. The zero-order valence-electron chi connectivity index (χ0n) is 11.1. The van der Waals surface area contributed by atoms with Gasteiger partial charge in [0.25, 0.3) is 0 Å². The smallest absolute Gasteiger partial charge is 0.318 e. The third-order valence-electron chi connectivity index (χ3n) is 3.84. The summed E-state index contributed by atoms with van der Waals surface area (Å²) in [7, 11) is 1.89. The molecular formula is C12H22N4O. The average molecular weight is 238 g/mol. The standard InChI is InChI=1S/C12H22N4O/c1-8-5-6-16(7-9(8)2)12-15-14-11(17-12)10(3)13-4/h8-10,13H,5-7H2,1-4H3. The third kappa shape index (κ3) is 2.60. The van der Waals surface area contributed by atoms with Gasteiger partial charge < -0.3 is 14.6 Å². The molecule has 5 heteroatoms. The van der Waals surface area contributed by atoms with Crippen LogP contribution in [0.5, 0.6) is 0 Å². The van der Waals surface area contributed by atoms with Gasteiger partial charge in [0.05, 0.1) is 6.04 Å². The molecule has 2 heterocycles. The first-order chi connectivity index (χ1) is 8.11. The van der Waals surface area contributed by atoms with E-state index in [-0.39, 0.29) is 6.04 Å². The lowest BCUT2D eigenvalue weighted by atomic mass is 9.89. The number of aromatic nitrogens is 2. The number of hydrogen-bond acceptors (Lipinski definition) is 5. The van der Waals surface area contributed by atoms with Crippen LogP contribution in [0, 0.1) is 11.8 Å². The summed E-state index contributed by atoms with van der Waals surface area (Å²) >= 11 is 0. The first-order valence-electron chi connectivity index (χ1n) is 6.37. The Kier molecular flexibility index (Phi) is 3.66. The predicted molar refractivity (Wildman–Crippen MR) is 66.9 cm³/mol. The van der Waals surface area contributed by atoms with Gasteiger partial charge in [0.2, 0.25) is 5.89 Å². The number of anilines is 1. The van der Waals surface area contributed by atoms with Gasteiger partial charge in [-0.1, -0.05) is 18.9 Å². The molecule has 3 unspecified atom stereocenters. The second-order valence-corrected chi connectivity index (χ2v) is 5.12. The van der Waals surface area contributed by atoms with E-state index in [0.717, 1.165) is 19.0 Å². The van der Waals surface area contributed by atoms with E-state index in [9.17, 15) is 0 Å². The molecule has 17 heavy (non-hydrogen) atoms. The summed E-state index contributed by atoms with van der Waals surface area (Å²) in [6, 6.07) is 0.776. The van der Waals surface area contributed by atoms with E-state index in [2.05, 4.69) is 34.3 Å². The zero-order chi connectivity index (χ0) is 12.4. The van der Waals surface area contributed by atoms with Crippen molar-refractivity contribution in [2.45, 2.75) is 33.2 Å². The lowest BCUT2D eigenvalue weighted by molar-refractivity contribution is 0.309. The summed E-state index contributed by atoms with van der Waals surface area (Å²) in [5.74, 6) is 2.12. The highest BCUT2D eigenvalue weighted by atomic mass is 16.4. The second kappa shape index (κ2) is 5.04. The Hall–Kier alpha value is -1.10. The Labute approximate surface area is 103 Å². The Balaban J connectivity index is 2.05. The number of nitrogens with zero attached hydrogens (tertiary/aromatic N) is 3. The quantitative estimate of drug-likeness (QED) is 0.870. The summed E-state index contributed by atoms with van der Waals surface area (Å²) in [5, 5.41) is 11.3. The Morgan fingerprint density at radius 3 is 2.76 bits per heavy atom. The molecule has 0 aliphatic carbocycles. The van der Waals surface area contributed by atoms with Crippen LogP contribution < -0.4 is 10.2 Å². The van der Waals surface area contributed by atoms with Crippen molar-refractivity contribution in [3.8, 4) is 0 Å². The largest absolute Gasteiger partial charge is 0.406 e. The van der Waals surface area contributed by atoms with Crippen molar-refractivity contribution >= 4 is 6.01 Å². The Bertz CT molecular complexity index is 365. The van der Waals surface area contributed by atoms with E-state index in [1.165, 1.54) is 6.42 Å². The van der Waals surface area contributed by atoms with Gasteiger partial charge in [-0.2, -0.15) is 0 Å². The van der Waals surface area contributed by atoms with Crippen LogP contribution in [0.1, 0.15) is 39.1 Å². The first-order valence-corrected chi connectivity index (χ1v) is 6.37. The molecule has 0 spiro atoms. The number of hydrogen-bond donors (Lipinski definition) is 1. The molecule has 1 N–H and O–H groups in total. The highest BCUT2D eigenvalue weighted by molar-refractivity contribution is 5.25. The van der Waals surface area contributed by atoms with Crippen molar-refractivity contribution in [1.82, 2.24) is 15.5 Å². The van der Waals surface area contributed by atoms with Crippen molar-refractivity contribution < 1.29 is 4.42 Å². The van der Waals surface area contributed by atoms with Crippen LogP contribution in [0.15, 0.2) is 4.42 Å². The molecule has 1 aromatic rings. The molecule has 0 aromatic carbocycles. The molecule has 96 valence electrons. The minimum atomic E-state index is 0.109. The molecule has 0 saturated carbocycles. The van der Waals surface area contributed by atoms with Crippen molar-refractivity contribution in [3.63, 3.8) is 0 Å². The van der Waals surface area contributed by atoms with E-state index < -0.39 is 0 Å². The predicted octanol–water partition coefficient (Wildman–Crippen LogP) is 1.83. The van der Waals surface area contributed by atoms with Crippen LogP contribution >= 0.6 is 0 Å². The molecule has 1 aromatic heterocycles. The van der Waals surface area contributed by atoms with E-state index in [0.29, 0.717) is 17.8 Å². The summed E-state index contributed by atoms with van der Waals surface area (Å²) in [5.41, 5.74) is 0. The lowest BCUT2D eigenvalue weighted by Crippen LogP contribution is -2.38. The number of piperidine rings is 1. The van der Waals surface area contributed by atoms with Gasteiger partial charge in [-0.15, -0.1) is 5.10 Å². The van der Waals surface area contributed by atoms with Gasteiger partial charge in [-0.3, -0.25) is 0 Å². The number of nitrogens with one attached hydrogen (secondary N) is 1. The molecular weight excluding hydrogens is 216 g/mol. The fourth-order valence-electron chi connectivity index (χ4n) is 2.09. The molecule has 1 aliphatic heterocycles. The van der Waals surface area contributed by atoms with Crippen LogP contribution in [0.2, 0.25) is 0 Å². The summed E-state index contributed by atoms with van der Waals surface area (Å²) in [4.78, 5) is 2.20. The zero-order valence-corrected chi connectivity index (χ0v) is 11.1. The van der Waals surface area contributed by atoms with Gasteiger partial charge in [0.1, 0.15) is 0 Å². The van der Waals surface area contributed by atoms with Crippen LogP contribution in [0.25, 0.3) is 0 Å². The molecule has 3 atom stereocenters. The van der Waals surface area contributed by atoms with Crippen LogP contribution in [-0.4, -0.2) is 30.3 Å². The fraction of sp³-hybridized carbons (Fsp3) is 0.833. The van der Waals surface area contributed by atoms with Crippen molar-refractivity contribution in [2.24, 2.45) is 11.8 Å². The normalized spacial score (nSPS) is 27.2. The monoisotopic (exact) mass is 238 g/mol. The number of rotatable bonds is 3. The Morgan fingerprint density at radius 2 is 2.12 bits per heavy atom. The van der Waals surface area contributed by atoms with Gasteiger partial charge in [0, 0.05) is 13.1 Å². The molecule has 0 bridgehead atoms. The van der Waals surface area contributed by atoms with Gasteiger partial charge in [-0.25, -0.2) is 0 Å². The van der Waals surface area contributed by atoms with Crippen LogP contribution in [0.3, 0.4) is 0 Å². The molecule has 5 nitrogen and oxygen atoms in total. The first kappa shape index (κ1) is 12.4. The second-order valence-electron chi connectivity index (χ2n) is 5.12. The van der Waals surface area contributed by atoms with E-state index in [1.54, 1.807) is 0 Å². The topological polar surface area (TPSA) is 54.2 Å². The minimum Gasteiger partial charge on any atom is -0.406 e. The summed E-state index contributed by atoms with van der Waals surface area (Å²) in [6.07, 6.45) is 1.19. The maximum absolute atomic E-state index is 5.70. The van der Waals surface area contributed by atoms with E-state index in [4.69, 9.17) is 4.42 Å². The average Bonchev–Trinajstić information content (AvgIpc) is 2.81. The van der Waals surface area contributed by atoms with Crippen molar-refractivity contribution in [2.75, 3.05) is 25.0 Å². The van der Waals surface area contributed by atoms with Gasteiger partial charge >= 0.3 is 6.01 Å². The maximum atomic E-state index is 5.70. The maximum Gasteiger partial charge on any atom is 0.318 e. The molecule has 1 fully saturated rings. The van der Waals surface area contributed by atoms with E-state index in [1.807, 2.05) is 14.0 Å². The molecule has 1 aliphatic rings.